The number of carbonyl (C=O) groups excluding carboxylic acids is 1. The number of benzene rings is 1. The van der Waals surface area contributed by atoms with Crippen LogP contribution < -0.4 is 0 Å². The second kappa shape index (κ2) is 8.16. The van der Waals surface area contributed by atoms with Crippen molar-refractivity contribution < 1.29 is 13.2 Å². The molecule has 4 rings (SSSR count). The van der Waals surface area contributed by atoms with Crippen molar-refractivity contribution in [2.24, 2.45) is 0 Å². The first-order valence-electron chi connectivity index (χ1n) is 9.38. The van der Waals surface area contributed by atoms with E-state index in [9.17, 15) is 13.2 Å². The molecule has 0 bridgehead atoms. The fourth-order valence-corrected chi connectivity index (χ4v) is 4.22. The molecule has 1 N–H and O–H groups in total. The number of nitrogens with zero attached hydrogens (tertiary/aromatic N) is 3. The second-order valence-electron chi connectivity index (χ2n) is 7.28. The van der Waals surface area contributed by atoms with Crippen molar-refractivity contribution in [1.82, 2.24) is 19.9 Å². The summed E-state index contributed by atoms with van der Waals surface area (Å²) in [5.74, 6) is -0.0409. The molecule has 0 atom stereocenters. The van der Waals surface area contributed by atoms with Crippen LogP contribution in [0.1, 0.15) is 16.8 Å². The van der Waals surface area contributed by atoms with Crippen LogP contribution in [0.3, 0.4) is 0 Å². The summed E-state index contributed by atoms with van der Waals surface area (Å²) < 4.78 is 23.0. The number of carbonyl (C=O) groups is 1. The van der Waals surface area contributed by atoms with Crippen LogP contribution in [0.5, 0.6) is 0 Å². The van der Waals surface area contributed by atoms with Gasteiger partial charge in [-0.2, -0.15) is 0 Å². The normalized spacial score (nSPS) is 11.6. The van der Waals surface area contributed by atoms with Gasteiger partial charge in [0.1, 0.15) is 17.8 Å². The Hall–Kier alpha value is -3.39. The topological polar surface area (TPSA) is 106 Å². The Bertz CT molecular complexity index is 1330. The highest BCUT2D eigenvalue weighted by atomic mass is 32.2. The number of fused-ring (bicyclic) bond motifs is 1. The largest absolute Gasteiger partial charge is 0.345 e. The van der Waals surface area contributed by atoms with Gasteiger partial charge < -0.3 is 4.98 Å². The predicted octanol–water partition coefficient (Wildman–Crippen LogP) is 2.92. The Morgan fingerprint density at radius 1 is 1.00 bits per heavy atom. The highest BCUT2D eigenvalue weighted by molar-refractivity contribution is 7.89. The van der Waals surface area contributed by atoms with Crippen molar-refractivity contribution in [2.75, 3.05) is 6.26 Å². The highest BCUT2D eigenvalue weighted by Crippen LogP contribution is 2.26. The van der Waals surface area contributed by atoms with Crippen molar-refractivity contribution in [3.8, 4) is 11.3 Å². The van der Waals surface area contributed by atoms with Crippen molar-refractivity contribution in [1.29, 1.82) is 0 Å². The molecule has 0 amide bonds. The minimum Gasteiger partial charge on any atom is -0.345 e. The predicted molar refractivity (Wildman–Crippen MR) is 115 cm³/mol. The molecule has 3 heterocycles. The zero-order valence-corrected chi connectivity index (χ0v) is 17.2. The monoisotopic (exact) mass is 420 g/mol. The zero-order chi connectivity index (χ0) is 21.1. The van der Waals surface area contributed by atoms with Crippen LogP contribution >= 0.6 is 0 Å². The van der Waals surface area contributed by atoms with Gasteiger partial charge in [0.2, 0.25) is 0 Å². The van der Waals surface area contributed by atoms with Crippen molar-refractivity contribution >= 4 is 26.7 Å². The molecule has 0 aliphatic heterocycles. The molecule has 0 spiro atoms. The summed E-state index contributed by atoms with van der Waals surface area (Å²) in [7, 11) is -3.12. The molecule has 1 aromatic carbocycles. The SMILES string of the molecule is CS(=O)(=O)Cc1cccc(CC(=O)Cc2cc(-c3c[nH]c4ncccc34)ncn2)c1. The van der Waals surface area contributed by atoms with Crippen LogP contribution in [0.4, 0.5) is 0 Å². The lowest BCUT2D eigenvalue weighted by atomic mass is 10.0. The van der Waals surface area contributed by atoms with Crippen molar-refractivity contribution in [2.45, 2.75) is 18.6 Å². The van der Waals surface area contributed by atoms with Crippen LogP contribution in [0.25, 0.3) is 22.3 Å². The number of hydrogen-bond donors (Lipinski definition) is 1. The van der Waals surface area contributed by atoms with Gasteiger partial charge in [0.05, 0.1) is 17.1 Å². The van der Waals surface area contributed by atoms with E-state index in [2.05, 4.69) is 19.9 Å². The first-order chi connectivity index (χ1) is 14.4. The van der Waals surface area contributed by atoms with Gasteiger partial charge in [0.25, 0.3) is 0 Å². The van der Waals surface area contributed by atoms with Crippen molar-refractivity contribution in [3.05, 3.63) is 78.0 Å². The van der Waals surface area contributed by atoms with Crippen LogP contribution in [-0.2, 0) is 33.2 Å². The number of pyridine rings is 1. The molecule has 3 aromatic heterocycles. The second-order valence-corrected chi connectivity index (χ2v) is 9.42. The third kappa shape index (κ3) is 4.77. The molecule has 0 unspecified atom stereocenters. The molecule has 152 valence electrons. The number of aromatic amines is 1. The standard InChI is InChI=1S/C22H20N4O3S/c1-30(28,29)13-16-5-2-4-15(8-16)9-18(27)10-17-11-21(26-14-25-17)20-12-24-22-19(20)6-3-7-23-22/h2-8,11-12,14H,9-10,13H2,1H3,(H,23,24). The summed E-state index contributed by atoms with van der Waals surface area (Å²) in [6.07, 6.45) is 6.61. The van der Waals surface area contributed by atoms with E-state index in [0.717, 1.165) is 27.9 Å². The molecular formula is C22H20N4O3S. The Labute approximate surface area is 174 Å². The maximum atomic E-state index is 12.6. The highest BCUT2D eigenvalue weighted by Gasteiger charge is 2.12. The van der Waals surface area contributed by atoms with Crippen molar-refractivity contribution in [3.63, 3.8) is 0 Å². The lowest BCUT2D eigenvalue weighted by Crippen LogP contribution is -2.09. The van der Waals surface area contributed by atoms with Gasteiger partial charge in [-0.25, -0.2) is 23.4 Å². The molecule has 8 heteroatoms. The Balaban J connectivity index is 1.49. The fourth-order valence-electron chi connectivity index (χ4n) is 3.43. The Morgan fingerprint density at radius 2 is 1.83 bits per heavy atom. The number of aromatic nitrogens is 4. The zero-order valence-electron chi connectivity index (χ0n) is 16.4. The Morgan fingerprint density at radius 3 is 2.67 bits per heavy atom. The van der Waals surface area contributed by atoms with Gasteiger partial charge in [0, 0.05) is 42.4 Å². The first kappa shape index (κ1) is 19.9. The number of ketones is 1. The first-order valence-corrected chi connectivity index (χ1v) is 11.4. The van der Waals surface area contributed by atoms with E-state index in [-0.39, 0.29) is 24.4 Å². The summed E-state index contributed by atoms with van der Waals surface area (Å²) >= 11 is 0. The lowest BCUT2D eigenvalue weighted by molar-refractivity contribution is -0.117. The molecule has 0 aliphatic carbocycles. The summed E-state index contributed by atoms with van der Waals surface area (Å²) in [5, 5.41) is 0.955. The maximum Gasteiger partial charge on any atom is 0.151 e. The van der Waals surface area contributed by atoms with E-state index >= 15 is 0 Å². The summed E-state index contributed by atoms with van der Waals surface area (Å²) in [6.45, 7) is 0. The van der Waals surface area contributed by atoms with Crippen LogP contribution in [-0.4, -0.2) is 40.4 Å². The van der Waals surface area contributed by atoms with E-state index in [1.54, 1.807) is 24.4 Å². The number of hydrogen-bond acceptors (Lipinski definition) is 6. The summed E-state index contributed by atoms with van der Waals surface area (Å²) in [6, 6.07) is 12.8. The van der Waals surface area contributed by atoms with E-state index in [1.165, 1.54) is 12.6 Å². The summed E-state index contributed by atoms with van der Waals surface area (Å²) in [4.78, 5) is 28.6. The van der Waals surface area contributed by atoms with Gasteiger partial charge in [-0.1, -0.05) is 24.3 Å². The average Bonchev–Trinajstić information content (AvgIpc) is 3.11. The fraction of sp³-hybridized carbons (Fsp3) is 0.182. The average molecular weight is 420 g/mol. The number of nitrogens with one attached hydrogen (secondary N) is 1. The van der Waals surface area contributed by atoms with Gasteiger partial charge >= 0.3 is 0 Å². The third-order valence-corrected chi connectivity index (χ3v) is 5.51. The Kier molecular flexibility index (Phi) is 5.41. The van der Waals surface area contributed by atoms with Crippen LogP contribution in [0.15, 0.2) is 61.2 Å². The molecule has 7 nitrogen and oxygen atoms in total. The van der Waals surface area contributed by atoms with E-state index in [1.807, 2.05) is 30.5 Å². The molecule has 0 aliphatic rings. The minimum absolute atomic E-state index is 0.00301. The number of Topliss-reactive ketones (excluding diaryl/α,β-unsaturated/α-hetero) is 1. The van der Waals surface area contributed by atoms with E-state index < -0.39 is 9.84 Å². The van der Waals surface area contributed by atoms with E-state index in [4.69, 9.17) is 0 Å². The minimum atomic E-state index is -3.12. The summed E-state index contributed by atoms with van der Waals surface area (Å²) in [5.41, 5.74) is 4.51. The molecule has 0 radical (unpaired) electrons. The molecule has 0 saturated carbocycles. The maximum absolute atomic E-state index is 12.6. The van der Waals surface area contributed by atoms with Gasteiger partial charge in [-0.05, 0) is 29.3 Å². The van der Waals surface area contributed by atoms with Gasteiger partial charge in [-0.3, -0.25) is 4.79 Å². The number of rotatable bonds is 7. The van der Waals surface area contributed by atoms with Crippen LogP contribution in [0.2, 0.25) is 0 Å². The molecular weight excluding hydrogens is 400 g/mol. The third-order valence-electron chi connectivity index (χ3n) is 4.65. The van der Waals surface area contributed by atoms with Gasteiger partial charge in [0.15, 0.2) is 9.84 Å². The molecule has 0 saturated heterocycles. The number of H-pyrrole nitrogens is 1. The smallest absolute Gasteiger partial charge is 0.151 e. The van der Waals surface area contributed by atoms with E-state index in [0.29, 0.717) is 11.3 Å². The van der Waals surface area contributed by atoms with Gasteiger partial charge in [-0.15, -0.1) is 0 Å². The molecule has 4 aromatic rings. The quantitative estimate of drug-likeness (QED) is 0.493. The van der Waals surface area contributed by atoms with Crippen LogP contribution in [0, 0.1) is 0 Å². The molecule has 30 heavy (non-hydrogen) atoms. The molecule has 0 fully saturated rings. The number of sulfone groups is 1. The lowest BCUT2D eigenvalue weighted by Gasteiger charge is -2.06.